The first kappa shape index (κ1) is 12.8. The molecule has 1 amide bonds. The molecule has 2 aliphatic rings. The highest BCUT2D eigenvalue weighted by Gasteiger charge is 2.38. The van der Waals surface area contributed by atoms with Crippen molar-refractivity contribution in [3.8, 4) is 0 Å². The van der Waals surface area contributed by atoms with Crippen LogP contribution in [0.5, 0.6) is 0 Å². The van der Waals surface area contributed by atoms with Crippen LogP contribution in [0.2, 0.25) is 0 Å². The van der Waals surface area contributed by atoms with Gasteiger partial charge in [-0.15, -0.1) is 0 Å². The van der Waals surface area contributed by atoms with E-state index in [2.05, 4.69) is 5.32 Å². The van der Waals surface area contributed by atoms with E-state index in [0.29, 0.717) is 25.9 Å². The molecule has 0 radical (unpaired) electrons. The number of nitrogens with zero attached hydrogens (tertiary/aromatic N) is 1. The summed E-state index contributed by atoms with van der Waals surface area (Å²) < 4.78 is 22.8. The molecule has 6 nitrogen and oxygen atoms in total. The molecular weight excluding hydrogens is 244 g/mol. The van der Waals surface area contributed by atoms with E-state index in [1.54, 1.807) is 4.90 Å². The van der Waals surface area contributed by atoms with Crippen LogP contribution in [0.1, 0.15) is 12.8 Å². The van der Waals surface area contributed by atoms with Crippen molar-refractivity contribution < 1.29 is 18.3 Å². The standard InChI is InChI=1S/C10H18N2O4S/c13-5-1-9-10(14)12(4-3-11-9)8-2-6-17(15,16)7-8/h8-9,11,13H,1-7H2. The number of hydrogen-bond donors (Lipinski definition) is 2. The maximum absolute atomic E-state index is 12.1. The van der Waals surface area contributed by atoms with Crippen molar-refractivity contribution in [3.63, 3.8) is 0 Å². The number of nitrogens with one attached hydrogen (secondary N) is 1. The van der Waals surface area contributed by atoms with Crippen molar-refractivity contribution in [1.29, 1.82) is 0 Å². The molecule has 2 saturated heterocycles. The van der Waals surface area contributed by atoms with Crippen molar-refractivity contribution in [1.82, 2.24) is 10.2 Å². The zero-order valence-electron chi connectivity index (χ0n) is 9.63. The minimum Gasteiger partial charge on any atom is -0.396 e. The fourth-order valence-electron chi connectivity index (χ4n) is 2.50. The molecule has 2 heterocycles. The van der Waals surface area contributed by atoms with Gasteiger partial charge < -0.3 is 15.3 Å². The summed E-state index contributed by atoms with van der Waals surface area (Å²) in [5, 5.41) is 11.9. The Labute approximate surface area is 101 Å². The third-order valence-electron chi connectivity index (χ3n) is 3.39. The summed E-state index contributed by atoms with van der Waals surface area (Å²) in [5.74, 6) is 0.192. The summed E-state index contributed by atoms with van der Waals surface area (Å²) in [6.45, 7) is 1.17. The molecule has 2 atom stereocenters. The first-order valence-corrected chi connectivity index (χ1v) is 7.71. The van der Waals surface area contributed by atoms with Crippen molar-refractivity contribution >= 4 is 15.7 Å². The maximum atomic E-state index is 12.1. The van der Waals surface area contributed by atoms with E-state index in [1.165, 1.54) is 0 Å². The SMILES string of the molecule is O=C1C(CCO)NCCN1C1CCS(=O)(=O)C1. The van der Waals surface area contributed by atoms with E-state index in [4.69, 9.17) is 5.11 Å². The van der Waals surface area contributed by atoms with E-state index in [-0.39, 0.29) is 36.1 Å². The van der Waals surface area contributed by atoms with Crippen LogP contribution in [0.15, 0.2) is 0 Å². The Morgan fingerprint density at radius 2 is 2.24 bits per heavy atom. The molecule has 2 aliphatic heterocycles. The van der Waals surface area contributed by atoms with E-state index in [1.807, 2.05) is 0 Å². The van der Waals surface area contributed by atoms with Gasteiger partial charge in [-0.1, -0.05) is 0 Å². The molecule has 7 heteroatoms. The normalized spacial score (nSPS) is 33.0. The third kappa shape index (κ3) is 2.78. The lowest BCUT2D eigenvalue weighted by Crippen LogP contribution is -2.58. The largest absolute Gasteiger partial charge is 0.396 e. The van der Waals surface area contributed by atoms with Gasteiger partial charge in [-0.3, -0.25) is 4.79 Å². The summed E-state index contributed by atoms with van der Waals surface area (Å²) in [6.07, 6.45) is 0.925. The Kier molecular flexibility index (Phi) is 3.70. The molecule has 2 unspecified atom stereocenters. The number of amides is 1. The summed E-state index contributed by atoms with van der Waals surface area (Å²) in [7, 11) is -2.96. The topological polar surface area (TPSA) is 86.7 Å². The zero-order chi connectivity index (χ0) is 12.5. The summed E-state index contributed by atoms with van der Waals surface area (Å²) in [6, 6.07) is -0.534. The Bertz CT molecular complexity index is 393. The Hall–Kier alpha value is -0.660. The minimum absolute atomic E-state index is 0.0415. The highest BCUT2D eigenvalue weighted by molar-refractivity contribution is 7.91. The Morgan fingerprint density at radius 1 is 1.47 bits per heavy atom. The number of sulfone groups is 1. The van der Waals surface area contributed by atoms with Crippen LogP contribution in [0.3, 0.4) is 0 Å². The number of carbonyl (C=O) groups excluding carboxylic acids is 1. The second-order valence-corrected chi connectivity index (χ2v) is 6.84. The van der Waals surface area contributed by atoms with Gasteiger partial charge in [0.1, 0.15) is 0 Å². The number of aliphatic hydroxyl groups is 1. The van der Waals surface area contributed by atoms with Crippen LogP contribution >= 0.6 is 0 Å². The van der Waals surface area contributed by atoms with Crippen LogP contribution in [-0.4, -0.2) is 67.6 Å². The highest BCUT2D eigenvalue weighted by Crippen LogP contribution is 2.20. The van der Waals surface area contributed by atoms with Crippen molar-refractivity contribution in [2.24, 2.45) is 0 Å². The van der Waals surface area contributed by atoms with Gasteiger partial charge in [0.25, 0.3) is 0 Å². The number of rotatable bonds is 3. The number of hydrogen-bond acceptors (Lipinski definition) is 5. The molecule has 0 aromatic heterocycles. The van der Waals surface area contributed by atoms with E-state index >= 15 is 0 Å². The van der Waals surface area contributed by atoms with Gasteiger partial charge in [0, 0.05) is 25.7 Å². The van der Waals surface area contributed by atoms with Crippen molar-refractivity contribution in [3.05, 3.63) is 0 Å². The average molecular weight is 262 g/mol. The van der Waals surface area contributed by atoms with E-state index < -0.39 is 9.84 Å². The predicted octanol–water partition coefficient (Wildman–Crippen LogP) is -1.64. The number of piperazine rings is 1. The lowest BCUT2D eigenvalue weighted by molar-refractivity contribution is -0.138. The van der Waals surface area contributed by atoms with Gasteiger partial charge in [0.15, 0.2) is 9.84 Å². The van der Waals surface area contributed by atoms with Gasteiger partial charge in [-0.2, -0.15) is 0 Å². The highest BCUT2D eigenvalue weighted by atomic mass is 32.2. The number of aliphatic hydroxyl groups excluding tert-OH is 1. The quantitative estimate of drug-likeness (QED) is 0.637. The van der Waals surface area contributed by atoms with Crippen LogP contribution < -0.4 is 5.32 Å². The first-order valence-electron chi connectivity index (χ1n) is 5.88. The van der Waals surface area contributed by atoms with Crippen LogP contribution in [-0.2, 0) is 14.6 Å². The molecule has 0 aliphatic carbocycles. The molecule has 0 spiro atoms. The van der Waals surface area contributed by atoms with Crippen LogP contribution in [0.4, 0.5) is 0 Å². The van der Waals surface area contributed by atoms with Gasteiger partial charge in [-0.05, 0) is 12.8 Å². The molecular formula is C10H18N2O4S. The monoisotopic (exact) mass is 262 g/mol. The predicted molar refractivity (Wildman–Crippen MR) is 62.3 cm³/mol. The Morgan fingerprint density at radius 3 is 2.82 bits per heavy atom. The van der Waals surface area contributed by atoms with Crippen LogP contribution in [0, 0.1) is 0 Å². The molecule has 0 aromatic rings. The zero-order valence-corrected chi connectivity index (χ0v) is 10.4. The maximum Gasteiger partial charge on any atom is 0.240 e. The molecule has 98 valence electrons. The average Bonchev–Trinajstić information content (AvgIpc) is 2.62. The lowest BCUT2D eigenvalue weighted by Gasteiger charge is -2.36. The molecule has 0 saturated carbocycles. The van der Waals surface area contributed by atoms with Crippen molar-refractivity contribution in [2.75, 3.05) is 31.2 Å². The minimum atomic E-state index is -2.96. The lowest BCUT2D eigenvalue weighted by atomic mass is 10.1. The van der Waals surface area contributed by atoms with Crippen molar-refractivity contribution in [2.45, 2.75) is 24.9 Å². The summed E-state index contributed by atoms with van der Waals surface area (Å²) in [4.78, 5) is 13.7. The molecule has 2 N–H and O–H groups in total. The fourth-order valence-corrected chi connectivity index (χ4v) is 4.23. The van der Waals surface area contributed by atoms with Crippen LogP contribution in [0.25, 0.3) is 0 Å². The fraction of sp³-hybridized carbons (Fsp3) is 0.900. The van der Waals surface area contributed by atoms with E-state index in [9.17, 15) is 13.2 Å². The third-order valence-corrected chi connectivity index (χ3v) is 5.14. The first-order chi connectivity index (χ1) is 8.03. The smallest absolute Gasteiger partial charge is 0.240 e. The van der Waals surface area contributed by atoms with Gasteiger partial charge in [0.2, 0.25) is 5.91 Å². The summed E-state index contributed by atoms with van der Waals surface area (Å²) >= 11 is 0. The van der Waals surface area contributed by atoms with E-state index in [0.717, 1.165) is 0 Å². The molecule has 17 heavy (non-hydrogen) atoms. The molecule has 0 bridgehead atoms. The van der Waals surface area contributed by atoms with Gasteiger partial charge in [0.05, 0.1) is 17.5 Å². The molecule has 0 aromatic carbocycles. The second-order valence-electron chi connectivity index (χ2n) is 4.61. The van der Waals surface area contributed by atoms with Gasteiger partial charge >= 0.3 is 0 Å². The second kappa shape index (κ2) is 4.91. The molecule has 2 fully saturated rings. The molecule has 2 rings (SSSR count). The summed E-state index contributed by atoms with van der Waals surface area (Å²) in [5.41, 5.74) is 0. The number of carbonyl (C=O) groups is 1. The van der Waals surface area contributed by atoms with Gasteiger partial charge in [-0.25, -0.2) is 8.42 Å². The Balaban J connectivity index is 2.03.